The van der Waals surface area contributed by atoms with E-state index in [9.17, 15) is 26.7 Å². The molecule has 0 radical (unpaired) electrons. The molecule has 6 nitrogen and oxygen atoms in total. The molecule has 5 N–H and O–H groups in total. The van der Waals surface area contributed by atoms with Crippen LogP contribution < -0.4 is 10.6 Å². The Morgan fingerprint density at radius 2 is 1.30 bits per heavy atom. The van der Waals surface area contributed by atoms with E-state index in [0.29, 0.717) is 0 Å². The summed E-state index contributed by atoms with van der Waals surface area (Å²) in [5.41, 5.74) is -1.61. The molecule has 1 rings (SSSR count). The van der Waals surface area contributed by atoms with E-state index in [1.807, 2.05) is 0 Å². The fourth-order valence-electron chi connectivity index (χ4n) is 1.07. The van der Waals surface area contributed by atoms with Gasteiger partial charge in [-0.3, -0.25) is 0 Å². The van der Waals surface area contributed by atoms with E-state index in [4.69, 9.17) is 14.4 Å². The Bertz CT molecular complexity index is 522. The number of amides is 2. The lowest BCUT2D eigenvalue weighted by Crippen LogP contribution is -2.49. The Balaban J connectivity index is 2.96. The summed E-state index contributed by atoms with van der Waals surface area (Å²) in [6.07, 6.45) is -1.05. The third kappa shape index (κ3) is 3.63. The third-order valence-electron chi connectivity index (χ3n) is 1.93. The molecule has 1 aromatic rings. The first-order valence-corrected chi connectivity index (χ1v) is 6.83. The summed E-state index contributed by atoms with van der Waals surface area (Å²) in [6.45, 7) is 0. The van der Waals surface area contributed by atoms with Crippen LogP contribution in [0.2, 0.25) is 0 Å². The van der Waals surface area contributed by atoms with Crippen molar-refractivity contribution in [3.05, 3.63) is 29.1 Å². The number of carbonyl (C=O) groups is 1. The molecular weight excluding hydrogens is 311 g/mol. The number of halogens is 5. The Hall–Kier alpha value is -1.76. The summed E-state index contributed by atoms with van der Waals surface area (Å²) < 4.78 is 64.5. The van der Waals surface area contributed by atoms with Crippen LogP contribution in [0.1, 0.15) is 0 Å². The van der Waals surface area contributed by atoms with Crippen LogP contribution in [0.15, 0.2) is 0 Å². The number of nitrogens with one attached hydrogen (secondary N) is 2. The quantitative estimate of drug-likeness (QED) is 0.234. The maximum atomic E-state index is 13.1. The van der Waals surface area contributed by atoms with Crippen LogP contribution in [0.5, 0.6) is 0 Å². The molecule has 112 valence electrons. The smallest absolute Gasteiger partial charge is 0.389 e. The fraction of sp³-hybridized carbons (Fsp3) is 0.125. The summed E-state index contributed by atoms with van der Waals surface area (Å²) in [7, 11) is -4.66. The van der Waals surface area contributed by atoms with E-state index in [0.717, 1.165) is 0 Å². The third-order valence-corrected chi connectivity index (χ3v) is 2.59. The van der Waals surface area contributed by atoms with Gasteiger partial charge < -0.3 is 25.0 Å². The predicted octanol–water partition coefficient (Wildman–Crippen LogP) is -0.0414. The molecule has 0 aliphatic heterocycles. The van der Waals surface area contributed by atoms with Crippen molar-refractivity contribution < 1.29 is 41.1 Å². The lowest BCUT2D eigenvalue weighted by molar-refractivity contribution is 0.220. The van der Waals surface area contributed by atoms with E-state index in [1.54, 1.807) is 5.32 Å². The zero-order chi connectivity index (χ0) is 15.7. The Morgan fingerprint density at radius 3 is 1.70 bits per heavy atom. The Kier molecular flexibility index (Phi) is 4.64. The van der Waals surface area contributed by atoms with E-state index in [1.165, 1.54) is 5.32 Å². The average molecular weight is 318 g/mol. The molecule has 0 saturated heterocycles. The molecule has 12 heteroatoms. The van der Waals surface area contributed by atoms with Crippen LogP contribution in [0.4, 0.5) is 32.4 Å². The number of benzene rings is 1. The molecule has 2 amide bonds. The van der Waals surface area contributed by atoms with E-state index < -0.39 is 55.8 Å². The number of rotatable bonds is 3. The van der Waals surface area contributed by atoms with Crippen LogP contribution in [0, 0.1) is 29.1 Å². The van der Waals surface area contributed by atoms with Crippen molar-refractivity contribution in [1.29, 1.82) is 0 Å². The molecule has 0 aliphatic carbocycles. The monoisotopic (exact) mass is 318 g/mol. The molecule has 0 atom stereocenters. The van der Waals surface area contributed by atoms with Crippen LogP contribution in [-0.4, -0.2) is 35.4 Å². The SMILES string of the molecule is O=C(NC[Si](O)(O)O)Nc1c(F)c(F)c(F)c(F)c1F. The molecule has 0 unspecified atom stereocenters. The van der Waals surface area contributed by atoms with Crippen molar-refractivity contribution in [2.45, 2.75) is 0 Å². The van der Waals surface area contributed by atoms with Crippen molar-refractivity contribution in [1.82, 2.24) is 5.32 Å². The highest BCUT2D eigenvalue weighted by Crippen LogP contribution is 2.26. The highest BCUT2D eigenvalue weighted by Gasteiger charge is 2.29. The summed E-state index contributed by atoms with van der Waals surface area (Å²) >= 11 is 0. The van der Waals surface area contributed by atoms with Gasteiger partial charge in [0.15, 0.2) is 23.3 Å². The maximum absolute atomic E-state index is 13.1. The predicted molar refractivity (Wildman–Crippen MR) is 55.7 cm³/mol. The Morgan fingerprint density at radius 1 is 0.900 bits per heavy atom. The first-order chi connectivity index (χ1) is 9.04. The van der Waals surface area contributed by atoms with Gasteiger partial charge in [-0.25, -0.2) is 26.7 Å². The van der Waals surface area contributed by atoms with Crippen molar-refractivity contribution >= 4 is 20.5 Å². The average Bonchev–Trinajstić information content (AvgIpc) is 2.36. The van der Waals surface area contributed by atoms with Crippen molar-refractivity contribution in [2.75, 3.05) is 11.5 Å². The molecule has 0 spiro atoms. The molecule has 0 heterocycles. The van der Waals surface area contributed by atoms with Crippen LogP contribution >= 0.6 is 0 Å². The van der Waals surface area contributed by atoms with Gasteiger partial charge in [-0.2, -0.15) is 0 Å². The van der Waals surface area contributed by atoms with Gasteiger partial charge in [0, 0.05) is 0 Å². The highest BCUT2D eigenvalue weighted by molar-refractivity contribution is 6.56. The van der Waals surface area contributed by atoms with E-state index in [-0.39, 0.29) is 0 Å². The second kappa shape index (κ2) is 5.70. The van der Waals surface area contributed by atoms with Gasteiger partial charge in [-0.1, -0.05) is 0 Å². The van der Waals surface area contributed by atoms with Crippen molar-refractivity contribution in [3.8, 4) is 0 Å². The van der Waals surface area contributed by atoms with Gasteiger partial charge in [0.1, 0.15) is 5.69 Å². The molecule has 0 bridgehead atoms. The van der Waals surface area contributed by atoms with Gasteiger partial charge in [-0.15, -0.1) is 0 Å². The second-order valence-corrected chi connectivity index (χ2v) is 5.43. The molecular formula is C8H7F5N2O4Si. The Labute approximate surface area is 108 Å². The minimum absolute atomic E-state index is 1.05. The molecule has 0 fully saturated rings. The molecule has 0 saturated carbocycles. The number of hydrogen-bond acceptors (Lipinski definition) is 4. The number of urea groups is 1. The molecule has 0 aliphatic rings. The van der Waals surface area contributed by atoms with Gasteiger partial charge in [-0.05, 0) is 0 Å². The number of anilines is 1. The first-order valence-electron chi connectivity index (χ1n) is 4.78. The fourth-order valence-corrected chi connectivity index (χ4v) is 1.47. The van der Waals surface area contributed by atoms with Crippen LogP contribution in [0.3, 0.4) is 0 Å². The first kappa shape index (κ1) is 16.3. The lowest BCUT2D eigenvalue weighted by Gasteiger charge is -2.13. The standard InChI is InChI=1S/C8H7F5N2O4Si/c9-2-3(10)5(12)7(6(13)4(2)11)15-8(16)14-1-20(17,18)19/h17-19H,1H2,(H2,14,15,16). The summed E-state index contributed by atoms with van der Waals surface area (Å²) in [4.78, 5) is 36.7. The zero-order valence-electron chi connectivity index (χ0n) is 9.35. The van der Waals surface area contributed by atoms with Crippen molar-refractivity contribution in [2.24, 2.45) is 0 Å². The highest BCUT2D eigenvalue weighted by atomic mass is 28.4. The molecule has 0 aromatic heterocycles. The summed E-state index contributed by atoms with van der Waals surface area (Å²) in [5, 5.41) is 2.87. The lowest BCUT2D eigenvalue weighted by atomic mass is 10.2. The topological polar surface area (TPSA) is 102 Å². The normalized spacial score (nSPS) is 11.4. The summed E-state index contributed by atoms with van der Waals surface area (Å²) in [5.74, 6) is -11.4. The van der Waals surface area contributed by atoms with Crippen LogP contribution in [-0.2, 0) is 0 Å². The minimum atomic E-state index is -4.66. The van der Waals surface area contributed by atoms with Crippen molar-refractivity contribution in [3.63, 3.8) is 0 Å². The van der Waals surface area contributed by atoms with Gasteiger partial charge in [0.25, 0.3) is 0 Å². The van der Waals surface area contributed by atoms with Gasteiger partial charge >= 0.3 is 14.8 Å². The largest absolute Gasteiger partial charge is 0.513 e. The summed E-state index contributed by atoms with van der Waals surface area (Å²) in [6, 6.07) is -1.51. The van der Waals surface area contributed by atoms with E-state index >= 15 is 0 Å². The maximum Gasteiger partial charge on any atom is 0.513 e. The second-order valence-electron chi connectivity index (χ2n) is 3.53. The minimum Gasteiger partial charge on any atom is -0.389 e. The number of hydrogen-bond donors (Lipinski definition) is 5. The zero-order valence-corrected chi connectivity index (χ0v) is 10.3. The van der Waals surface area contributed by atoms with Gasteiger partial charge in [0.2, 0.25) is 5.82 Å². The molecule has 20 heavy (non-hydrogen) atoms. The van der Waals surface area contributed by atoms with E-state index in [2.05, 4.69) is 0 Å². The van der Waals surface area contributed by atoms with Gasteiger partial charge in [0.05, 0.1) is 6.17 Å². The van der Waals surface area contributed by atoms with Crippen LogP contribution in [0.25, 0.3) is 0 Å². The molecule has 1 aromatic carbocycles. The number of carbonyl (C=O) groups excluding carboxylic acids is 1.